The number of rotatable bonds is 4. The van der Waals surface area contributed by atoms with Gasteiger partial charge in [-0.1, -0.05) is 18.2 Å². The van der Waals surface area contributed by atoms with E-state index in [1.807, 2.05) is 49.2 Å². The molecule has 0 fully saturated rings. The van der Waals surface area contributed by atoms with Gasteiger partial charge in [-0.2, -0.15) is 4.98 Å². The SMILES string of the molecule is CCN(C)c1noc(-c2c[nH]n(-c3ccccc3)c2=O)n1. The molecule has 0 saturated heterocycles. The molecule has 0 aliphatic rings. The van der Waals surface area contributed by atoms with Gasteiger partial charge in [0.05, 0.1) is 5.69 Å². The lowest BCUT2D eigenvalue weighted by molar-refractivity contribution is 0.430. The molecule has 1 N–H and O–H groups in total. The fourth-order valence-corrected chi connectivity index (χ4v) is 1.91. The maximum absolute atomic E-state index is 12.4. The first-order chi connectivity index (χ1) is 10.2. The largest absolute Gasteiger partial charge is 0.342 e. The monoisotopic (exact) mass is 285 g/mol. The Morgan fingerprint density at radius 3 is 2.81 bits per heavy atom. The third-order valence-electron chi connectivity index (χ3n) is 3.25. The Kier molecular flexibility index (Phi) is 3.31. The molecule has 1 aromatic carbocycles. The highest BCUT2D eigenvalue weighted by atomic mass is 16.5. The van der Waals surface area contributed by atoms with Gasteiger partial charge in [-0.05, 0) is 24.2 Å². The summed E-state index contributed by atoms with van der Waals surface area (Å²) in [5.74, 6) is 0.667. The Hall–Kier alpha value is -2.83. The lowest BCUT2D eigenvalue weighted by Crippen LogP contribution is -2.17. The molecule has 3 aromatic rings. The number of hydrogen-bond donors (Lipinski definition) is 1. The Morgan fingerprint density at radius 1 is 1.33 bits per heavy atom. The Labute approximate surface area is 120 Å². The van der Waals surface area contributed by atoms with Crippen LogP contribution in [0.1, 0.15) is 6.92 Å². The predicted molar refractivity (Wildman–Crippen MR) is 78.6 cm³/mol. The number of para-hydroxylation sites is 1. The average molecular weight is 285 g/mol. The molecule has 7 nitrogen and oxygen atoms in total. The van der Waals surface area contributed by atoms with Gasteiger partial charge in [0.25, 0.3) is 17.4 Å². The van der Waals surface area contributed by atoms with Gasteiger partial charge in [0.2, 0.25) is 0 Å². The quantitative estimate of drug-likeness (QED) is 0.788. The van der Waals surface area contributed by atoms with Crippen LogP contribution in [0.2, 0.25) is 0 Å². The molecule has 7 heteroatoms. The number of anilines is 1. The molecular weight excluding hydrogens is 270 g/mol. The Morgan fingerprint density at radius 2 is 2.10 bits per heavy atom. The zero-order chi connectivity index (χ0) is 14.8. The van der Waals surface area contributed by atoms with E-state index >= 15 is 0 Å². The molecular formula is C14H15N5O2. The number of aromatic amines is 1. The summed E-state index contributed by atoms with van der Waals surface area (Å²) in [6.07, 6.45) is 1.57. The van der Waals surface area contributed by atoms with Gasteiger partial charge in [0, 0.05) is 19.8 Å². The van der Waals surface area contributed by atoms with Crippen LogP contribution in [0.5, 0.6) is 0 Å². The maximum atomic E-state index is 12.4. The summed E-state index contributed by atoms with van der Waals surface area (Å²) in [4.78, 5) is 18.5. The summed E-state index contributed by atoms with van der Waals surface area (Å²) in [6.45, 7) is 2.73. The molecule has 0 amide bonds. The van der Waals surface area contributed by atoms with Crippen molar-refractivity contribution in [3.05, 3.63) is 46.9 Å². The van der Waals surface area contributed by atoms with Crippen LogP contribution >= 0.6 is 0 Å². The third-order valence-corrected chi connectivity index (χ3v) is 3.25. The van der Waals surface area contributed by atoms with Gasteiger partial charge in [-0.3, -0.25) is 9.89 Å². The zero-order valence-corrected chi connectivity index (χ0v) is 11.8. The number of benzene rings is 1. The van der Waals surface area contributed by atoms with Crippen molar-refractivity contribution in [2.24, 2.45) is 0 Å². The zero-order valence-electron chi connectivity index (χ0n) is 11.8. The first-order valence-electron chi connectivity index (χ1n) is 6.61. The second kappa shape index (κ2) is 5.28. The molecule has 0 saturated carbocycles. The molecule has 2 heterocycles. The van der Waals surface area contributed by atoms with Crippen LogP contribution in [0.25, 0.3) is 17.1 Å². The minimum Gasteiger partial charge on any atom is -0.342 e. The minimum absolute atomic E-state index is 0.209. The molecule has 0 aliphatic heterocycles. The van der Waals surface area contributed by atoms with Crippen molar-refractivity contribution < 1.29 is 4.52 Å². The van der Waals surface area contributed by atoms with Gasteiger partial charge in [0.15, 0.2) is 0 Å². The fraction of sp³-hybridized carbons (Fsp3) is 0.214. The smallest absolute Gasteiger partial charge is 0.284 e. The van der Waals surface area contributed by atoms with Crippen LogP contribution in [0.3, 0.4) is 0 Å². The van der Waals surface area contributed by atoms with E-state index in [1.54, 1.807) is 6.20 Å². The van der Waals surface area contributed by atoms with E-state index in [2.05, 4.69) is 15.2 Å². The van der Waals surface area contributed by atoms with Gasteiger partial charge >= 0.3 is 0 Å². The number of H-pyrrole nitrogens is 1. The van der Waals surface area contributed by atoms with Crippen LogP contribution in [0, 0.1) is 0 Å². The van der Waals surface area contributed by atoms with E-state index in [0.29, 0.717) is 11.5 Å². The summed E-state index contributed by atoms with van der Waals surface area (Å²) in [7, 11) is 1.86. The summed E-state index contributed by atoms with van der Waals surface area (Å²) in [6, 6.07) is 9.30. The second-order valence-electron chi connectivity index (χ2n) is 4.58. The molecule has 0 radical (unpaired) electrons. The number of nitrogens with zero attached hydrogens (tertiary/aromatic N) is 4. The molecule has 0 spiro atoms. The van der Waals surface area contributed by atoms with Crippen LogP contribution < -0.4 is 10.5 Å². The number of aromatic nitrogens is 4. The minimum atomic E-state index is -0.226. The molecule has 2 aromatic heterocycles. The normalized spacial score (nSPS) is 10.8. The van der Waals surface area contributed by atoms with Crippen LogP contribution in [0.15, 0.2) is 45.8 Å². The van der Waals surface area contributed by atoms with Crippen molar-refractivity contribution >= 4 is 5.95 Å². The van der Waals surface area contributed by atoms with Crippen LogP contribution in [-0.2, 0) is 0 Å². The summed E-state index contributed by atoms with van der Waals surface area (Å²) in [5.41, 5.74) is 0.872. The second-order valence-corrected chi connectivity index (χ2v) is 4.58. The van der Waals surface area contributed by atoms with Gasteiger partial charge < -0.3 is 9.42 Å². The summed E-state index contributed by atoms with van der Waals surface area (Å²) < 4.78 is 6.60. The lowest BCUT2D eigenvalue weighted by Gasteiger charge is -2.08. The van der Waals surface area contributed by atoms with E-state index in [4.69, 9.17) is 4.52 Å². The summed E-state index contributed by atoms with van der Waals surface area (Å²) >= 11 is 0. The van der Waals surface area contributed by atoms with Gasteiger partial charge in [-0.25, -0.2) is 4.68 Å². The van der Waals surface area contributed by atoms with Crippen LogP contribution in [0.4, 0.5) is 5.95 Å². The lowest BCUT2D eigenvalue weighted by atomic mass is 10.3. The first-order valence-corrected chi connectivity index (χ1v) is 6.61. The predicted octanol–water partition coefficient (Wildman–Crippen LogP) is 1.67. The molecule has 3 rings (SSSR count). The van der Waals surface area contributed by atoms with Crippen molar-refractivity contribution in [1.29, 1.82) is 0 Å². The molecule has 0 unspecified atom stereocenters. The van der Waals surface area contributed by atoms with Crippen LogP contribution in [-0.4, -0.2) is 33.5 Å². The van der Waals surface area contributed by atoms with Crippen molar-refractivity contribution in [2.45, 2.75) is 6.92 Å². The molecule has 0 aliphatic carbocycles. The van der Waals surface area contributed by atoms with Crippen molar-refractivity contribution in [3.63, 3.8) is 0 Å². The summed E-state index contributed by atoms with van der Waals surface area (Å²) in [5, 5.41) is 6.77. The molecule has 0 atom stereocenters. The van der Waals surface area contributed by atoms with E-state index in [-0.39, 0.29) is 11.4 Å². The highest BCUT2D eigenvalue weighted by molar-refractivity contribution is 5.53. The molecule has 108 valence electrons. The van der Waals surface area contributed by atoms with Crippen molar-refractivity contribution in [3.8, 4) is 17.1 Å². The Bertz CT molecular complexity index is 787. The van der Waals surface area contributed by atoms with Crippen molar-refractivity contribution in [2.75, 3.05) is 18.5 Å². The standard InChI is InChI=1S/C14H15N5O2/c1-3-18(2)14-16-12(21-17-14)11-9-15-19(13(11)20)10-7-5-4-6-8-10/h4-9,15H,3H2,1-2H3. The maximum Gasteiger partial charge on any atom is 0.284 e. The van der Waals surface area contributed by atoms with Gasteiger partial charge in [0.1, 0.15) is 5.56 Å². The number of hydrogen-bond acceptors (Lipinski definition) is 5. The molecule has 21 heavy (non-hydrogen) atoms. The average Bonchev–Trinajstić information content (AvgIpc) is 3.14. The van der Waals surface area contributed by atoms with Gasteiger partial charge in [-0.15, -0.1) is 0 Å². The molecule has 0 bridgehead atoms. The fourth-order valence-electron chi connectivity index (χ4n) is 1.91. The third kappa shape index (κ3) is 2.33. The highest BCUT2D eigenvalue weighted by Crippen LogP contribution is 2.16. The van der Waals surface area contributed by atoms with E-state index < -0.39 is 0 Å². The topological polar surface area (TPSA) is 80.0 Å². The number of nitrogens with one attached hydrogen (secondary N) is 1. The van der Waals surface area contributed by atoms with E-state index in [0.717, 1.165) is 12.2 Å². The van der Waals surface area contributed by atoms with E-state index in [9.17, 15) is 4.79 Å². The first kappa shape index (κ1) is 13.2. The van der Waals surface area contributed by atoms with Crippen molar-refractivity contribution in [1.82, 2.24) is 19.9 Å². The van der Waals surface area contributed by atoms with E-state index in [1.165, 1.54) is 4.68 Å². The Balaban J connectivity index is 2.00. The highest BCUT2D eigenvalue weighted by Gasteiger charge is 2.17.